The summed E-state index contributed by atoms with van der Waals surface area (Å²) in [5.74, 6) is -0.960. The van der Waals surface area contributed by atoms with Crippen molar-refractivity contribution in [3.05, 3.63) is 31.1 Å². The zero-order valence-electron chi connectivity index (χ0n) is 8.78. The Bertz CT molecular complexity index is 573. The molecule has 0 radical (unpaired) electrons. The van der Waals surface area contributed by atoms with Gasteiger partial charge in [-0.05, 0) is 44.0 Å². The molecular weight excluding hydrogens is 458 g/mol. The second kappa shape index (κ2) is 6.47. The lowest BCUT2D eigenvalue weighted by molar-refractivity contribution is 0.0955. The van der Waals surface area contributed by atoms with Crippen LogP contribution in [0.4, 0.5) is 0 Å². The summed E-state index contributed by atoms with van der Waals surface area (Å²) >= 11 is 9.77. The van der Waals surface area contributed by atoms with Crippen molar-refractivity contribution in [3.63, 3.8) is 0 Å². The molecule has 0 unspecified atom stereocenters. The minimum Gasteiger partial charge on any atom is -0.351 e. The zero-order chi connectivity index (χ0) is 13.9. The van der Waals surface area contributed by atoms with Crippen molar-refractivity contribution in [2.75, 3.05) is 12.3 Å². The highest BCUT2D eigenvalue weighted by atomic mass is 79.9. The molecule has 5 nitrogen and oxygen atoms in total. The third-order valence-electron chi connectivity index (χ3n) is 1.88. The largest absolute Gasteiger partial charge is 0.351 e. The summed E-state index contributed by atoms with van der Waals surface area (Å²) in [7, 11) is -4.07. The number of carbonyl (C=O) groups is 1. The van der Waals surface area contributed by atoms with Crippen LogP contribution in [0, 0.1) is 0 Å². The van der Waals surface area contributed by atoms with E-state index in [9.17, 15) is 13.2 Å². The summed E-state index contributed by atoms with van der Waals surface area (Å²) in [4.78, 5) is 11.8. The predicted octanol–water partition coefficient (Wildman–Crippen LogP) is 2.59. The summed E-state index contributed by atoms with van der Waals surface area (Å²) in [5, 5.41) is 2.40. The normalized spacial score (nSPS) is 11.3. The number of halogens is 3. The zero-order valence-corrected chi connectivity index (χ0v) is 14.4. The molecule has 1 aromatic rings. The van der Waals surface area contributed by atoms with Gasteiger partial charge in [-0.25, -0.2) is 0 Å². The van der Waals surface area contributed by atoms with E-state index in [0.717, 1.165) is 0 Å². The maximum Gasteiger partial charge on any atom is 0.266 e. The highest BCUT2D eigenvalue weighted by molar-refractivity contribution is 9.13. The van der Waals surface area contributed by atoms with Gasteiger partial charge in [0.15, 0.2) is 0 Å². The van der Waals surface area contributed by atoms with Crippen LogP contribution in [0.3, 0.4) is 0 Å². The lowest BCUT2D eigenvalue weighted by Gasteiger charge is -2.08. The van der Waals surface area contributed by atoms with Crippen LogP contribution in [0.5, 0.6) is 0 Å². The summed E-state index contributed by atoms with van der Waals surface area (Å²) in [5.41, 5.74) is 0.353. The number of hydrogen-bond donors (Lipinski definition) is 2. The molecule has 0 fully saturated rings. The molecule has 0 aliphatic rings. The van der Waals surface area contributed by atoms with Crippen molar-refractivity contribution >= 4 is 63.8 Å². The Kier molecular flexibility index (Phi) is 5.78. The van der Waals surface area contributed by atoms with Crippen LogP contribution >= 0.6 is 47.8 Å². The fourth-order valence-electron chi connectivity index (χ4n) is 1.11. The third-order valence-corrected chi connectivity index (χ3v) is 5.07. The lowest BCUT2D eigenvalue weighted by atomic mass is 10.2. The molecule has 0 aliphatic heterocycles. The van der Waals surface area contributed by atoms with Crippen LogP contribution in [0.15, 0.2) is 25.6 Å². The molecule has 1 rings (SSSR count). The van der Waals surface area contributed by atoms with Gasteiger partial charge in [0, 0.05) is 20.0 Å². The molecule has 0 heterocycles. The Labute approximate surface area is 129 Å². The highest BCUT2D eigenvalue weighted by Gasteiger charge is 2.14. The van der Waals surface area contributed by atoms with Gasteiger partial charge in [-0.15, -0.1) is 0 Å². The molecule has 1 aromatic carbocycles. The number of amides is 1. The molecule has 2 N–H and O–H groups in total. The van der Waals surface area contributed by atoms with Crippen LogP contribution < -0.4 is 5.32 Å². The van der Waals surface area contributed by atoms with Gasteiger partial charge in [0.2, 0.25) is 0 Å². The summed E-state index contributed by atoms with van der Waals surface area (Å²) in [6, 6.07) is 3.36. The number of hydrogen-bond acceptors (Lipinski definition) is 3. The summed E-state index contributed by atoms with van der Waals surface area (Å²) in [6.45, 7) is -0.158. The highest BCUT2D eigenvalue weighted by Crippen LogP contribution is 2.30. The number of rotatable bonds is 4. The van der Waals surface area contributed by atoms with Crippen molar-refractivity contribution in [2.24, 2.45) is 0 Å². The van der Waals surface area contributed by atoms with E-state index in [2.05, 4.69) is 53.1 Å². The van der Waals surface area contributed by atoms with E-state index in [0.29, 0.717) is 19.0 Å². The summed E-state index contributed by atoms with van der Waals surface area (Å²) < 4.78 is 31.5. The smallest absolute Gasteiger partial charge is 0.266 e. The molecule has 100 valence electrons. The topological polar surface area (TPSA) is 83.5 Å². The molecule has 0 atom stereocenters. The van der Waals surface area contributed by atoms with E-state index in [1.165, 1.54) is 0 Å². The molecule has 18 heavy (non-hydrogen) atoms. The number of nitrogens with one attached hydrogen (secondary N) is 1. The minimum atomic E-state index is -4.07. The predicted molar refractivity (Wildman–Crippen MR) is 78.3 cm³/mol. The van der Waals surface area contributed by atoms with Crippen LogP contribution in [0.1, 0.15) is 10.4 Å². The van der Waals surface area contributed by atoms with Gasteiger partial charge in [-0.2, -0.15) is 8.42 Å². The first-order chi connectivity index (χ1) is 8.20. The average Bonchev–Trinajstić information content (AvgIpc) is 2.21. The summed E-state index contributed by atoms with van der Waals surface area (Å²) in [6.07, 6.45) is 0. The van der Waals surface area contributed by atoms with Crippen molar-refractivity contribution in [1.29, 1.82) is 0 Å². The van der Waals surface area contributed by atoms with E-state index >= 15 is 0 Å². The first-order valence-corrected chi connectivity index (χ1v) is 8.57. The standard InChI is InChI=1S/C9H8Br3NO4S/c10-5-3-6(8(12)7(11)4-5)9(14)13-1-2-18(15,16)17/h3-4H,1-2H2,(H,13,14)(H,15,16,17). The molecule has 0 saturated carbocycles. The SMILES string of the molecule is O=C(NCCS(=O)(=O)O)c1cc(Br)cc(Br)c1Br. The van der Waals surface area contributed by atoms with E-state index in [-0.39, 0.29) is 6.54 Å². The molecular formula is C9H8Br3NO4S. The second-order valence-electron chi connectivity index (χ2n) is 3.29. The fraction of sp³-hybridized carbons (Fsp3) is 0.222. The number of benzene rings is 1. The Balaban J connectivity index is 2.79. The van der Waals surface area contributed by atoms with Gasteiger partial charge < -0.3 is 5.32 Å². The van der Waals surface area contributed by atoms with E-state index in [1.807, 2.05) is 0 Å². The van der Waals surface area contributed by atoms with Crippen molar-refractivity contribution in [2.45, 2.75) is 0 Å². The fourth-order valence-corrected chi connectivity index (χ4v) is 3.10. The van der Waals surface area contributed by atoms with Crippen LogP contribution in [-0.4, -0.2) is 31.2 Å². The first-order valence-electron chi connectivity index (χ1n) is 4.58. The second-order valence-corrected chi connectivity index (χ2v) is 7.43. The number of carbonyl (C=O) groups excluding carboxylic acids is 1. The third kappa shape index (κ3) is 4.96. The molecule has 0 spiro atoms. The van der Waals surface area contributed by atoms with Gasteiger partial charge >= 0.3 is 0 Å². The molecule has 0 bridgehead atoms. The van der Waals surface area contributed by atoms with E-state index < -0.39 is 21.8 Å². The minimum absolute atomic E-state index is 0.158. The molecule has 0 saturated heterocycles. The Morgan fingerprint density at radius 3 is 2.44 bits per heavy atom. The molecule has 0 aromatic heterocycles. The monoisotopic (exact) mass is 463 g/mol. The van der Waals surface area contributed by atoms with Gasteiger partial charge in [0.1, 0.15) is 0 Å². The Hall–Kier alpha value is 0.0400. The Morgan fingerprint density at radius 2 is 1.89 bits per heavy atom. The van der Waals surface area contributed by atoms with Gasteiger partial charge in [0.25, 0.3) is 16.0 Å². The van der Waals surface area contributed by atoms with Crippen molar-refractivity contribution < 1.29 is 17.8 Å². The van der Waals surface area contributed by atoms with Crippen molar-refractivity contribution in [1.82, 2.24) is 5.32 Å². The molecule has 9 heteroatoms. The lowest BCUT2D eigenvalue weighted by Crippen LogP contribution is -2.29. The Morgan fingerprint density at radius 1 is 1.28 bits per heavy atom. The van der Waals surface area contributed by atoms with Crippen LogP contribution in [0.2, 0.25) is 0 Å². The van der Waals surface area contributed by atoms with E-state index in [4.69, 9.17) is 4.55 Å². The van der Waals surface area contributed by atoms with Crippen LogP contribution in [-0.2, 0) is 10.1 Å². The quantitative estimate of drug-likeness (QED) is 0.529. The van der Waals surface area contributed by atoms with Gasteiger partial charge in [-0.3, -0.25) is 9.35 Å². The van der Waals surface area contributed by atoms with Gasteiger partial charge in [-0.1, -0.05) is 15.9 Å². The van der Waals surface area contributed by atoms with Crippen LogP contribution in [0.25, 0.3) is 0 Å². The van der Waals surface area contributed by atoms with Gasteiger partial charge in [0.05, 0.1) is 11.3 Å². The maximum absolute atomic E-state index is 11.8. The molecule has 1 amide bonds. The first kappa shape index (κ1) is 16.1. The maximum atomic E-state index is 11.8. The molecule has 0 aliphatic carbocycles. The average molecular weight is 466 g/mol. The van der Waals surface area contributed by atoms with Crippen molar-refractivity contribution in [3.8, 4) is 0 Å². The van der Waals surface area contributed by atoms with E-state index in [1.54, 1.807) is 12.1 Å².